The minimum Gasteiger partial charge on any atom is -0.294 e. The van der Waals surface area contributed by atoms with Gasteiger partial charge in [0.05, 0.1) is 0 Å². The van der Waals surface area contributed by atoms with Crippen molar-refractivity contribution in [3.8, 4) is 0 Å². The third-order valence-corrected chi connectivity index (χ3v) is 3.20. The molecule has 1 aliphatic rings. The second kappa shape index (κ2) is 7.03. The maximum atomic E-state index is 11.7. The largest absolute Gasteiger partial charge is 0.294 e. The molecular formula is C17H23NO. The van der Waals surface area contributed by atoms with Crippen LogP contribution in [0.25, 0.3) is 0 Å². The Labute approximate surface area is 116 Å². The number of allylic oxidation sites excluding steroid dienone is 1. The van der Waals surface area contributed by atoms with Gasteiger partial charge in [0.1, 0.15) is 0 Å². The number of carbonyl (C=O) groups excluding carboxylic acids is 1. The predicted octanol–water partition coefficient (Wildman–Crippen LogP) is 4.75. The summed E-state index contributed by atoms with van der Waals surface area (Å²) in [5, 5.41) is 0. The van der Waals surface area contributed by atoms with Crippen molar-refractivity contribution in [3.63, 3.8) is 0 Å². The summed E-state index contributed by atoms with van der Waals surface area (Å²) in [6.45, 7) is 9.82. The van der Waals surface area contributed by atoms with Gasteiger partial charge in [-0.25, -0.2) is 0 Å². The second-order valence-corrected chi connectivity index (χ2v) is 4.39. The minimum atomic E-state index is 0.108. The lowest BCUT2D eigenvalue weighted by Gasteiger charge is -2.15. The summed E-state index contributed by atoms with van der Waals surface area (Å²) >= 11 is 0. The summed E-state index contributed by atoms with van der Waals surface area (Å²) in [6, 6.07) is 5.94. The molecule has 0 saturated carbocycles. The molecule has 0 amide bonds. The van der Waals surface area contributed by atoms with Crippen LogP contribution in [0, 0.1) is 0 Å². The van der Waals surface area contributed by atoms with E-state index in [-0.39, 0.29) is 5.78 Å². The molecule has 1 atom stereocenters. The number of hydrogen-bond donors (Lipinski definition) is 0. The van der Waals surface area contributed by atoms with Crippen LogP contribution in [-0.2, 0) is 0 Å². The Hall–Kier alpha value is -1.70. The highest BCUT2D eigenvalue weighted by Crippen LogP contribution is 2.28. The Morgan fingerprint density at radius 1 is 1.32 bits per heavy atom. The van der Waals surface area contributed by atoms with Gasteiger partial charge >= 0.3 is 0 Å². The standard InChI is InChI=1S/C15H17NO.C2H6/c1-4-14-15-12(10(2)8-9-16-14)6-5-7-13(15)11(3)17;1-2/h5-10H,4H2,1-3H3;1-2H3. The number of ketones is 1. The van der Waals surface area contributed by atoms with Gasteiger partial charge in [-0.3, -0.25) is 9.79 Å². The molecule has 1 aromatic carbocycles. The number of carbonyl (C=O) groups is 1. The molecule has 1 aromatic rings. The number of aliphatic imine (C=N–C) groups is 1. The number of fused-ring (bicyclic) bond motifs is 1. The summed E-state index contributed by atoms with van der Waals surface area (Å²) in [4.78, 5) is 16.2. The molecule has 0 bridgehead atoms. The Balaban J connectivity index is 0.000000861. The highest BCUT2D eigenvalue weighted by molar-refractivity contribution is 6.11. The van der Waals surface area contributed by atoms with Crippen molar-refractivity contribution in [1.29, 1.82) is 0 Å². The quantitative estimate of drug-likeness (QED) is 0.703. The van der Waals surface area contributed by atoms with Crippen LogP contribution in [0.3, 0.4) is 0 Å². The van der Waals surface area contributed by atoms with E-state index >= 15 is 0 Å². The fourth-order valence-electron chi connectivity index (χ4n) is 2.26. The Kier molecular flexibility index (Phi) is 5.68. The zero-order valence-electron chi connectivity index (χ0n) is 12.5. The number of rotatable bonds is 2. The van der Waals surface area contributed by atoms with Gasteiger partial charge in [-0.2, -0.15) is 0 Å². The zero-order chi connectivity index (χ0) is 14.4. The van der Waals surface area contributed by atoms with Crippen molar-refractivity contribution in [2.45, 2.75) is 47.0 Å². The zero-order valence-corrected chi connectivity index (χ0v) is 12.5. The fourth-order valence-corrected chi connectivity index (χ4v) is 2.26. The van der Waals surface area contributed by atoms with Gasteiger partial charge < -0.3 is 0 Å². The van der Waals surface area contributed by atoms with E-state index in [1.54, 1.807) is 6.92 Å². The van der Waals surface area contributed by atoms with Crippen LogP contribution < -0.4 is 0 Å². The topological polar surface area (TPSA) is 29.4 Å². The van der Waals surface area contributed by atoms with Crippen molar-refractivity contribution in [1.82, 2.24) is 0 Å². The van der Waals surface area contributed by atoms with Gasteiger partial charge in [-0.15, -0.1) is 0 Å². The van der Waals surface area contributed by atoms with Gasteiger partial charge in [0.15, 0.2) is 5.78 Å². The first-order valence-electron chi connectivity index (χ1n) is 7.02. The Morgan fingerprint density at radius 2 is 2.00 bits per heavy atom. The molecule has 1 heterocycles. The van der Waals surface area contributed by atoms with Crippen molar-refractivity contribution in [2.24, 2.45) is 4.99 Å². The van der Waals surface area contributed by atoms with Gasteiger partial charge in [0.2, 0.25) is 0 Å². The molecule has 1 unspecified atom stereocenters. The molecule has 0 aliphatic carbocycles. The minimum absolute atomic E-state index is 0.108. The maximum Gasteiger partial charge on any atom is 0.160 e. The first-order chi connectivity index (χ1) is 9.15. The molecule has 0 radical (unpaired) electrons. The molecule has 0 aromatic heterocycles. The monoisotopic (exact) mass is 257 g/mol. The lowest BCUT2D eigenvalue weighted by Crippen LogP contribution is -2.11. The SMILES string of the molecule is CC.CCC1=NC=CC(C)c2cccc(C(C)=O)c21. The van der Waals surface area contributed by atoms with E-state index in [1.807, 2.05) is 32.2 Å². The van der Waals surface area contributed by atoms with Crippen LogP contribution in [0.2, 0.25) is 0 Å². The number of nitrogens with zero attached hydrogens (tertiary/aromatic N) is 1. The molecular weight excluding hydrogens is 234 g/mol. The van der Waals surface area contributed by atoms with Crippen LogP contribution in [0.4, 0.5) is 0 Å². The molecule has 19 heavy (non-hydrogen) atoms. The second-order valence-electron chi connectivity index (χ2n) is 4.39. The number of Topliss-reactive ketones (excluding diaryl/α,β-unsaturated/α-hetero) is 1. The first-order valence-corrected chi connectivity index (χ1v) is 7.02. The number of benzene rings is 1. The van der Waals surface area contributed by atoms with E-state index in [1.165, 1.54) is 5.56 Å². The smallest absolute Gasteiger partial charge is 0.160 e. The van der Waals surface area contributed by atoms with Gasteiger partial charge in [0, 0.05) is 29.0 Å². The summed E-state index contributed by atoms with van der Waals surface area (Å²) < 4.78 is 0. The molecule has 2 nitrogen and oxygen atoms in total. The van der Waals surface area contributed by atoms with E-state index in [9.17, 15) is 4.79 Å². The molecule has 2 rings (SSSR count). The first kappa shape index (κ1) is 15.4. The average molecular weight is 257 g/mol. The average Bonchev–Trinajstić information content (AvgIpc) is 2.60. The lowest BCUT2D eigenvalue weighted by atomic mass is 9.88. The molecule has 2 heteroatoms. The highest BCUT2D eigenvalue weighted by Gasteiger charge is 2.19. The van der Waals surface area contributed by atoms with Crippen LogP contribution in [0.1, 0.15) is 68.4 Å². The third kappa shape index (κ3) is 3.19. The predicted molar refractivity (Wildman–Crippen MR) is 82.2 cm³/mol. The lowest BCUT2D eigenvalue weighted by molar-refractivity contribution is 0.101. The third-order valence-electron chi connectivity index (χ3n) is 3.20. The fraction of sp³-hybridized carbons (Fsp3) is 0.412. The van der Waals surface area contributed by atoms with Crippen molar-refractivity contribution in [2.75, 3.05) is 0 Å². The molecule has 1 aliphatic heterocycles. The highest BCUT2D eigenvalue weighted by atomic mass is 16.1. The summed E-state index contributed by atoms with van der Waals surface area (Å²) in [7, 11) is 0. The van der Waals surface area contributed by atoms with Crippen molar-refractivity contribution >= 4 is 11.5 Å². The number of hydrogen-bond acceptors (Lipinski definition) is 2. The maximum absolute atomic E-state index is 11.7. The van der Waals surface area contributed by atoms with E-state index < -0.39 is 0 Å². The van der Waals surface area contributed by atoms with Gasteiger partial charge in [-0.05, 0) is 18.9 Å². The van der Waals surface area contributed by atoms with Crippen molar-refractivity contribution in [3.05, 3.63) is 47.2 Å². The molecule has 102 valence electrons. The molecule has 0 spiro atoms. The van der Waals surface area contributed by atoms with E-state index in [2.05, 4.69) is 31.0 Å². The normalized spacial score (nSPS) is 16.7. The Bertz CT molecular complexity index is 512. The van der Waals surface area contributed by atoms with E-state index in [0.717, 1.165) is 23.3 Å². The van der Waals surface area contributed by atoms with Gasteiger partial charge in [0.25, 0.3) is 0 Å². The molecule has 0 saturated heterocycles. The summed E-state index contributed by atoms with van der Waals surface area (Å²) in [6.07, 6.45) is 4.77. The van der Waals surface area contributed by atoms with Crippen molar-refractivity contribution < 1.29 is 4.79 Å². The molecule has 0 fully saturated rings. The summed E-state index contributed by atoms with van der Waals surface area (Å²) in [5.41, 5.74) is 4.04. The summed E-state index contributed by atoms with van der Waals surface area (Å²) in [5.74, 6) is 0.411. The molecule has 0 N–H and O–H groups in total. The van der Waals surface area contributed by atoms with Crippen LogP contribution in [0.15, 0.2) is 35.5 Å². The van der Waals surface area contributed by atoms with Crippen LogP contribution >= 0.6 is 0 Å². The van der Waals surface area contributed by atoms with Gasteiger partial charge in [-0.1, -0.05) is 52.0 Å². The van der Waals surface area contributed by atoms with Crippen LogP contribution in [-0.4, -0.2) is 11.5 Å². The van der Waals surface area contributed by atoms with E-state index in [0.29, 0.717) is 5.92 Å². The van der Waals surface area contributed by atoms with E-state index in [4.69, 9.17) is 0 Å². The Morgan fingerprint density at radius 3 is 2.58 bits per heavy atom. The van der Waals surface area contributed by atoms with Crippen LogP contribution in [0.5, 0.6) is 0 Å².